The molecule has 180 valence electrons. The molecule has 0 amide bonds. The van der Waals surface area contributed by atoms with E-state index in [1.54, 1.807) is 12.3 Å². The molecule has 3 N–H and O–H groups in total. The summed E-state index contributed by atoms with van der Waals surface area (Å²) in [5.41, 5.74) is 0.719. The molecule has 0 saturated carbocycles. The number of aromatic nitrogens is 3. The highest BCUT2D eigenvalue weighted by molar-refractivity contribution is 5.99. The van der Waals surface area contributed by atoms with E-state index in [2.05, 4.69) is 25.2 Å². The van der Waals surface area contributed by atoms with Crippen LogP contribution in [-0.4, -0.2) is 63.6 Å². The quantitative estimate of drug-likeness (QED) is 0.365. The number of aliphatic hydroxyl groups excluding tert-OH is 1. The van der Waals surface area contributed by atoms with Crippen molar-refractivity contribution >= 4 is 27.5 Å². The van der Waals surface area contributed by atoms with Crippen molar-refractivity contribution in [2.45, 2.75) is 31.3 Å². The van der Waals surface area contributed by atoms with Gasteiger partial charge in [0, 0.05) is 50.0 Å². The maximum atomic E-state index is 16.1. The highest BCUT2D eigenvalue weighted by Gasteiger charge is 2.34. The number of rotatable bonds is 6. The van der Waals surface area contributed by atoms with Crippen LogP contribution < -0.4 is 15.0 Å². The van der Waals surface area contributed by atoms with Crippen LogP contribution in [0.1, 0.15) is 19.3 Å². The van der Waals surface area contributed by atoms with E-state index in [0.29, 0.717) is 35.3 Å². The number of aromatic hydroxyl groups is 1. The molecule has 4 heterocycles. The summed E-state index contributed by atoms with van der Waals surface area (Å²) in [6, 6.07) is 11.5. The summed E-state index contributed by atoms with van der Waals surface area (Å²) in [4.78, 5) is 15.7. The van der Waals surface area contributed by atoms with Crippen molar-refractivity contribution in [2.24, 2.45) is 0 Å². The largest absolute Gasteiger partial charge is 0.508 e. The number of ether oxygens (including phenoxy) is 1. The van der Waals surface area contributed by atoms with E-state index < -0.39 is 5.82 Å². The summed E-state index contributed by atoms with van der Waals surface area (Å²) in [5.74, 6) is 0.0471. The van der Waals surface area contributed by atoms with Gasteiger partial charge in [0.25, 0.3) is 0 Å². The summed E-state index contributed by atoms with van der Waals surface area (Å²) in [6.07, 6.45) is 4.24. The van der Waals surface area contributed by atoms with Crippen molar-refractivity contribution in [3.8, 4) is 23.0 Å². The minimum Gasteiger partial charge on any atom is -0.508 e. The molecule has 0 radical (unpaired) electrons. The fourth-order valence-corrected chi connectivity index (χ4v) is 5.20. The molecule has 35 heavy (non-hydrogen) atoms. The number of hydrogen-bond acceptors (Lipinski definition) is 8. The Kier molecular flexibility index (Phi) is 5.58. The van der Waals surface area contributed by atoms with Crippen molar-refractivity contribution in [3.05, 3.63) is 48.4 Å². The number of benzene rings is 2. The molecule has 2 bridgehead atoms. The lowest BCUT2D eigenvalue weighted by Crippen LogP contribution is -2.51. The summed E-state index contributed by atoms with van der Waals surface area (Å²) in [7, 11) is 0. The van der Waals surface area contributed by atoms with Crippen LogP contribution in [0.15, 0.2) is 42.6 Å². The van der Waals surface area contributed by atoms with E-state index in [1.165, 1.54) is 6.07 Å². The van der Waals surface area contributed by atoms with E-state index in [4.69, 9.17) is 9.84 Å². The van der Waals surface area contributed by atoms with Crippen LogP contribution >= 0.6 is 0 Å². The number of aliphatic hydroxyl groups is 1. The summed E-state index contributed by atoms with van der Waals surface area (Å²) < 4.78 is 21.8. The van der Waals surface area contributed by atoms with E-state index in [-0.39, 0.29) is 36.2 Å². The second kappa shape index (κ2) is 8.90. The Morgan fingerprint density at radius 2 is 1.89 bits per heavy atom. The first-order valence-corrected chi connectivity index (χ1v) is 11.9. The second-order valence-corrected chi connectivity index (χ2v) is 9.20. The third-order valence-corrected chi connectivity index (χ3v) is 6.79. The number of nitrogens with zero attached hydrogens (tertiary/aromatic N) is 4. The lowest BCUT2D eigenvalue weighted by atomic mass is 10.0. The molecule has 2 aliphatic rings. The highest BCUT2D eigenvalue weighted by Crippen LogP contribution is 2.37. The van der Waals surface area contributed by atoms with Gasteiger partial charge >= 0.3 is 6.01 Å². The first kappa shape index (κ1) is 21.9. The van der Waals surface area contributed by atoms with Gasteiger partial charge in [0.05, 0.1) is 12.0 Å². The second-order valence-electron chi connectivity index (χ2n) is 9.20. The molecule has 9 heteroatoms. The Hall–Kier alpha value is -3.56. The molecule has 4 aromatic rings. The van der Waals surface area contributed by atoms with Gasteiger partial charge in [-0.1, -0.05) is 24.3 Å². The van der Waals surface area contributed by atoms with Crippen LogP contribution in [0.3, 0.4) is 0 Å². The molecule has 2 aromatic carbocycles. The van der Waals surface area contributed by atoms with E-state index in [1.807, 2.05) is 24.3 Å². The number of pyridine rings is 1. The van der Waals surface area contributed by atoms with E-state index in [9.17, 15) is 5.11 Å². The third kappa shape index (κ3) is 4.00. The molecule has 2 atom stereocenters. The monoisotopic (exact) mass is 475 g/mol. The molecule has 2 saturated heterocycles. The third-order valence-electron chi connectivity index (χ3n) is 6.79. The van der Waals surface area contributed by atoms with Crippen LogP contribution in [-0.2, 0) is 0 Å². The molecule has 0 spiro atoms. The highest BCUT2D eigenvalue weighted by atomic mass is 19.1. The average Bonchev–Trinajstić information content (AvgIpc) is 3.21. The Labute approximate surface area is 201 Å². The first-order valence-electron chi connectivity index (χ1n) is 11.9. The van der Waals surface area contributed by atoms with Crippen LogP contribution in [0.4, 0.5) is 10.2 Å². The van der Waals surface area contributed by atoms with Crippen molar-refractivity contribution in [1.29, 1.82) is 0 Å². The van der Waals surface area contributed by atoms with Gasteiger partial charge in [-0.25, -0.2) is 4.39 Å². The molecular formula is C26H26FN5O3. The summed E-state index contributed by atoms with van der Waals surface area (Å²) in [6.45, 7) is 1.73. The molecule has 2 fully saturated rings. The first-order chi connectivity index (χ1) is 17.1. The van der Waals surface area contributed by atoms with Crippen LogP contribution in [0.25, 0.3) is 32.9 Å². The number of anilines is 1. The number of phenols is 1. The Balaban J connectivity index is 1.52. The maximum Gasteiger partial charge on any atom is 0.319 e. The summed E-state index contributed by atoms with van der Waals surface area (Å²) >= 11 is 0. The Bertz CT molecular complexity index is 1400. The van der Waals surface area contributed by atoms with Gasteiger partial charge in [-0.05, 0) is 35.7 Å². The molecule has 2 unspecified atom stereocenters. The topological polar surface area (TPSA) is 104 Å². The molecule has 8 nitrogen and oxygen atoms in total. The molecular weight excluding hydrogens is 449 g/mol. The van der Waals surface area contributed by atoms with Crippen LogP contribution in [0.5, 0.6) is 11.8 Å². The minimum atomic E-state index is -0.591. The van der Waals surface area contributed by atoms with Gasteiger partial charge in [0.2, 0.25) is 0 Å². The lowest BCUT2D eigenvalue weighted by Gasteiger charge is -2.34. The lowest BCUT2D eigenvalue weighted by molar-refractivity contribution is 0.224. The number of hydrogen-bond donors (Lipinski definition) is 3. The SMILES string of the molecule is OCCCOc1nc(N2CC3CCC(C2)N3)c2cnc(-c3cc(O)cc4ccccc34)c(F)c2n1. The van der Waals surface area contributed by atoms with Gasteiger partial charge in [0.15, 0.2) is 5.82 Å². The van der Waals surface area contributed by atoms with E-state index >= 15 is 4.39 Å². The zero-order valence-electron chi connectivity index (χ0n) is 19.1. The standard InChI is InChI=1S/C26H26FN5O3/c27-22-23(20-11-18(34)10-15-4-1-2-5-19(15)20)28-12-21-24(22)30-26(35-9-3-8-33)31-25(21)32-13-16-6-7-17(14-32)29-16/h1-2,4-5,10-12,16-17,29,33-34H,3,6-9,13-14H2. The normalized spacial score (nSPS) is 19.5. The number of piperazine rings is 1. The van der Waals surface area contributed by atoms with Gasteiger partial charge in [-0.15, -0.1) is 0 Å². The Morgan fingerprint density at radius 1 is 1.09 bits per heavy atom. The van der Waals surface area contributed by atoms with Gasteiger partial charge < -0.3 is 25.2 Å². The smallest absolute Gasteiger partial charge is 0.319 e. The predicted molar refractivity (Wildman–Crippen MR) is 131 cm³/mol. The molecule has 2 aromatic heterocycles. The zero-order chi connectivity index (χ0) is 23.9. The fourth-order valence-electron chi connectivity index (χ4n) is 5.20. The van der Waals surface area contributed by atoms with Gasteiger partial charge in [-0.3, -0.25) is 4.98 Å². The maximum absolute atomic E-state index is 16.1. The van der Waals surface area contributed by atoms with Crippen LogP contribution in [0, 0.1) is 5.82 Å². The Morgan fingerprint density at radius 3 is 2.69 bits per heavy atom. The molecule has 6 rings (SSSR count). The zero-order valence-corrected chi connectivity index (χ0v) is 19.1. The number of phenolic OH excluding ortho intramolecular Hbond substituents is 1. The van der Waals surface area contributed by atoms with Crippen molar-refractivity contribution in [1.82, 2.24) is 20.3 Å². The van der Waals surface area contributed by atoms with Crippen molar-refractivity contribution in [3.63, 3.8) is 0 Å². The number of halogens is 1. The van der Waals surface area contributed by atoms with Gasteiger partial charge in [-0.2, -0.15) is 9.97 Å². The fraction of sp³-hybridized carbons (Fsp3) is 0.346. The van der Waals surface area contributed by atoms with Gasteiger partial charge in [0.1, 0.15) is 22.8 Å². The van der Waals surface area contributed by atoms with Crippen molar-refractivity contribution in [2.75, 3.05) is 31.2 Å². The minimum absolute atomic E-state index is 0.0192. The number of nitrogens with one attached hydrogen (secondary N) is 1. The van der Waals surface area contributed by atoms with E-state index in [0.717, 1.165) is 36.7 Å². The summed E-state index contributed by atoms with van der Waals surface area (Å²) in [5, 5.41) is 25.1. The molecule has 0 aliphatic carbocycles. The molecule has 2 aliphatic heterocycles. The van der Waals surface area contributed by atoms with Crippen molar-refractivity contribution < 1.29 is 19.3 Å². The predicted octanol–water partition coefficient (Wildman–Crippen LogP) is 3.39. The average molecular weight is 476 g/mol. The van der Waals surface area contributed by atoms with Crippen LogP contribution in [0.2, 0.25) is 0 Å². The number of fused-ring (bicyclic) bond motifs is 4.